The van der Waals surface area contributed by atoms with Crippen LogP contribution in [0.2, 0.25) is 5.02 Å². The molecule has 2 atom stereocenters. The van der Waals surface area contributed by atoms with Crippen molar-refractivity contribution in [2.24, 2.45) is 0 Å². The number of para-hydroxylation sites is 1. The van der Waals surface area contributed by atoms with Gasteiger partial charge in [0.15, 0.2) is 0 Å². The Kier molecular flexibility index (Phi) is 9.76. The molecule has 0 saturated heterocycles. The highest BCUT2D eigenvalue weighted by Crippen LogP contribution is 2.36. The van der Waals surface area contributed by atoms with Crippen molar-refractivity contribution < 1.29 is 19.1 Å². The summed E-state index contributed by atoms with van der Waals surface area (Å²) in [6.45, 7) is 11.0. The summed E-state index contributed by atoms with van der Waals surface area (Å²) in [5, 5.41) is 6.06. The second-order valence-corrected chi connectivity index (χ2v) is 11.7. The van der Waals surface area contributed by atoms with Gasteiger partial charge in [0.2, 0.25) is 5.91 Å². The van der Waals surface area contributed by atoms with Gasteiger partial charge in [-0.05, 0) is 78.0 Å². The smallest absolute Gasteiger partial charge is 0.408 e. The van der Waals surface area contributed by atoms with Crippen LogP contribution in [-0.2, 0) is 14.3 Å². The number of anilines is 1. The number of hydrogen-bond acceptors (Lipinski definition) is 5. The van der Waals surface area contributed by atoms with Gasteiger partial charge in [-0.1, -0.05) is 53.1 Å². The Balaban J connectivity index is 2.05. The van der Waals surface area contributed by atoms with E-state index in [0.717, 1.165) is 36.0 Å². The first kappa shape index (κ1) is 29.8. The number of carbonyl (C=O) groups is 3. The van der Waals surface area contributed by atoms with Crippen molar-refractivity contribution in [1.82, 2.24) is 10.2 Å². The van der Waals surface area contributed by atoms with Crippen LogP contribution in [-0.4, -0.2) is 46.2 Å². The Morgan fingerprint density at radius 2 is 1.74 bits per heavy atom. The topological polar surface area (TPSA) is 87.7 Å². The summed E-state index contributed by atoms with van der Waals surface area (Å²) in [5.41, 5.74) is 3.24. The fraction of sp³-hybridized carbons (Fsp3) is 0.483. The zero-order valence-electron chi connectivity index (χ0n) is 22.9. The molecule has 0 heterocycles. The zero-order valence-corrected chi connectivity index (χ0v) is 24.6. The predicted octanol–water partition coefficient (Wildman–Crippen LogP) is 6.15. The van der Waals surface area contributed by atoms with Crippen LogP contribution in [0.1, 0.15) is 68.3 Å². The van der Waals surface area contributed by atoms with Crippen molar-refractivity contribution in [2.75, 3.05) is 11.1 Å². The van der Waals surface area contributed by atoms with Gasteiger partial charge in [-0.2, -0.15) is 12.6 Å². The van der Waals surface area contributed by atoms with Crippen LogP contribution in [0.5, 0.6) is 0 Å². The van der Waals surface area contributed by atoms with Crippen LogP contribution < -0.4 is 10.6 Å². The molecule has 1 aliphatic carbocycles. The molecule has 1 saturated carbocycles. The Bertz CT molecular complexity index is 1150. The number of rotatable bonds is 8. The van der Waals surface area contributed by atoms with Crippen LogP contribution in [0.15, 0.2) is 36.4 Å². The summed E-state index contributed by atoms with van der Waals surface area (Å²) in [4.78, 5) is 42.3. The standard InChI is InChI=1S/C29H38ClN3O4S/c1-17-13-18(2)15-20(14-17)25(26(34)32-24-19(3)9-7-12-22(24)30)33(21-10-8-11-21)27(35)23(16-38)31-28(36)37-29(4,5)6/h7,9,12-15,21,23,25,38H,8,10-11,16H2,1-6H3,(H,31,36)(H,32,34). The van der Waals surface area contributed by atoms with Gasteiger partial charge in [-0.25, -0.2) is 4.79 Å². The van der Waals surface area contributed by atoms with E-state index >= 15 is 0 Å². The van der Waals surface area contributed by atoms with Gasteiger partial charge in [-0.15, -0.1) is 0 Å². The average molecular weight is 560 g/mol. The van der Waals surface area contributed by atoms with Crippen molar-refractivity contribution in [3.8, 4) is 0 Å². The summed E-state index contributed by atoms with van der Waals surface area (Å²) in [6, 6.07) is 9.19. The molecule has 3 rings (SSSR count). The molecule has 1 fully saturated rings. The molecule has 0 radical (unpaired) electrons. The van der Waals surface area contributed by atoms with Gasteiger partial charge < -0.3 is 20.3 Å². The van der Waals surface area contributed by atoms with E-state index in [-0.39, 0.29) is 23.6 Å². The molecule has 2 unspecified atom stereocenters. The van der Waals surface area contributed by atoms with Gasteiger partial charge >= 0.3 is 6.09 Å². The first-order valence-corrected chi connectivity index (χ1v) is 13.9. The monoisotopic (exact) mass is 559 g/mol. The van der Waals surface area contributed by atoms with Gasteiger partial charge in [-0.3, -0.25) is 9.59 Å². The van der Waals surface area contributed by atoms with E-state index in [4.69, 9.17) is 16.3 Å². The maximum absolute atomic E-state index is 14.1. The number of aryl methyl sites for hydroxylation is 3. The number of amides is 3. The minimum atomic E-state index is -0.975. The SMILES string of the molecule is Cc1cc(C)cc(C(C(=O)Nc2c(C)cccc2Cl)N(C(=O)C(CS)NC(=O)OC(C)(C)C)C2CCC2)c1. The van der Waals surface area contributed by atoms with E-state index in [1.54, 1.807) is 31.7 Å². The molecule has 2 N–H and O–H groups in total. The number of nitrogens with one attached hydrogen (secondary N) is 2. The minimum Gasteiger partial charge on any atom is -0.444 e. The molecule has 9 heteroatoms. The minimum absolute atomic E-state index is 0.0477. The molecule has 0 spiro atoms. The van der Waals surface area contributed by atoms with Crippen LogP contribution in [0.4, 0.5) is 10.5 Å². The summed E-state index contributed by atoms with van der Waals surface area (Å²) < 4.78 is 5.38. The molecular weight excluding hydrogens is 522 g/mol. The largest absolute Gasteiger partial charge is 0.444 e. The average Bonchev–Trinajstić information content (AvgIpc) is 2.76. The normalized spacial score (nSPS) is 15.2. The molecule has 2 aromatic carbocycles. The molecule has 206 valence electrons. The highest BCUT2D eigenvalue weighted by molar-refractivity contribution is 7.80. The quantitative estimate of drug-likeness (QED) is 0.339. The van der Waals surface area contributed by atoms with Gasteiger partial charge in [0.05, 0.1) is 10.7 Å². The van der Waals surface area contributed by atoms with E-state index < -0.39 is 23.8 Å². The summed E-state index contributed by atoms with van der Waals surface area (Å²) in [6.07, 6.45) is 1.76. The fourth-order valence-electron chi connectivity index (χ4n) is 4.59. The maximum atomic E-state index is 14.1. The molecule has 0 aromatic heterocycles. The number of thiol groups is 1. The third kappa shape index (κ3) is 7.44. The Morgan fingerprint density at radius 3 is 2.24 bits per heavy atom. The molecule has 38 heavy (non-hydrogen) atoms. The Hall–Kier alpha value is -2.71. The molecule has 0 aliphatic heterocycles. The molecular formula is C29H38ClN3O4S. The van der Waals surface area contributed by atoms with Crippen molar-refractivity contribution in [3.63, 3.8) is 0 Å². The van der Waals surface area contributed by atoms with Crippen LogP contribution in [0, 0.1) is 20.8 Å². The lowest BCUT2D eigenvalue weighted by atomic mass is 9.87. The highest BCUT2D eigenvalue weighted by Gasteiger charge is 2.42. The van der Waals surface area contributed by atoms with Crippen molar-refractivity contribution >= 4 is 47.8 Å². The van der Waals surface area contributed by atoms with Crippen LogP contribution >= 0.6 is 24.2 Å². The number of alkyl carbamates (subject to hydrolysis) is 1. The van der Waals surface area contributed by atoms with Gasteiger partial charge in [0.1, 0.15) is 17.7 Å². The number of halogens is 1. The number of nitrogens with zero attached hydrogens (tertiary/aromatic N) is 1. The fourth-order valence-corrected chi connectivity index (χ4v) is 5.10. The third-order valence-electron chi connectivity index (χ3n) is 6.45. The van der Waals surface area contributed by atoms with Crippen molar-refractivity contribution in [2.45, 2.75) is 84.5 Å². The Labute approximate surface area is 236 Å². The number of hydrogen-bond donors (Lipinski definition) is 3. The first-order chi connectivity index (χ1) is 17.8. The van der Waals surface area contributed by atoms with E-state index in [0.29, 0.717) is 16.3 Å². The van der Waals surface area contributed by atoms with Gasteiger partial charge in [0.25, 0.3) is 5.91 Å². The van der Waals surface area contributed by atoms with Crippen molar-refractivity contribution in [1.29, 1.82) is 0 Å². The second kappa shape index (κ2) is 12.4. The van der Waals surface area contributed by atoms with E-state index in [9.17, 15) is 14.4 Å². The summed E-state index contributed by atoms with van der Waals surface area (Å²) >= 11 is 10.8. The van der Waals surface area contributed by atoms with Crippen molar-refractivity contribution in [3.05, 3.63) is 63.7 Å². The summed E-state index contributed by atoms with van der Waals surface area (Å²) in [5.74, 6) is -0.709. The lowest BCUT2D eigenvalue weighted by molar-refractivity contribution is -0.145. The molecule has 0 bridgehead atoms. The first-order valence-electron chi connectivity index (χ1n) is 12.9. The lowest BCUT2D eigenvalue weighted by Gasteiger charge is -2.43. The molecule has 3 amide bonds. The van der Waals surface area contributed by atoms with Crippen LogP contribution in [0.3, 0.4) is 0 Å². The number of ether oxygens (including phenoxy) is 1. The summed E-state index contributed by atoms with van der Waals surface area (Å²) in [7, 11) is 0. The zero-order chi connectivity index (χ0) is 28.2. The van der Waals surface area contributed by atoms with E-state index in [2.05, 4.69) is 23.3 Å². The van der Waals surface area contributed by atoms with Crippen LogP contribution in [0.25, 0.3) is 0 Å². The number of benzene rings is 2. The predicted molar refractivity (Wildman–Crippen MR) is 155 cm³/mol. The van der Waals surface area contributed by atoms with E-state index in [1.807, 2.05) is 51.1 Å². The molecule has 2 aromatic rings. The van der Waals surface area contributed by atoms with E-state index in [1.165, 1.54) is 0 Å². The molecule has 1 aliphatic rings. The second-order valence-electron chi connectivity index (χ2n) is 11.0. The maximum Gasteiger partial charge on any atom is 0.408 e. The lowest BCUT2D eigenvalue weighted by Crippen LogP contribution is -2.57. The molecule has 7 nitrogen and oxygen atoms in total. The van der Waals surface area contributed by atoms with Gasteiger partial charge in [0, 0.05) is 11.8 Å². The Morgan fingerprint density at radius 1 is 1.11 bits per heavy atom. The number of carbonyl (C=O) groups excluding carboxylic acids is 3. The highest BCUT2D eigenvalue weighted by atomic mass is 35.5. The third-order valence-corrected chi connectivity index (χ3v) is 7.13.